The topological polar surface area (TPSA) is 60.0 Å². The van der Waals surface area contributed by atoms with Crippen LogP contribution in [-0.4, -0.2) is 56.8 Å². The van der Waals surface area contributed by atoms with E-state index in [0.717, 1.165) is 25.2 Å². The highest BCUT2D eigenvalue weighted by Crippen LogP contribution is 2.29. The molecule has 0 bridgehead atoms. The van der Waals surface area contributed by atoms with Crippen molar-refractivity contribution in [2.45, 2.75) is 26.6 Å². The van der Waals surface area contributed by atoms with Crippen molar-refractivity contribution in [2.24, 2.45) is 5.92 Å². The fraction of sp³-hybridized carbons (Fsp3) is 0.458. The standard InChI is InChI=1S/C24H32N2O4/c1-18(2)15-26-11-12-29-21(16-26)14-25-24(27)20-9-10-22(23(13-20)28-3)30-17-19-7-5-4-6-8-19/h4-10,13,18,21H,11-12,14-17H2,1-3H3,(H,25,27). The third-order valence-corrected chi connectivity index (χ3v) is 5.00. The van der Waals surface area contributed by atoms with Gasteiger partial charge in [0.25, 0.3) is 5.91 Å². The summed E-state index contributed by atoms with van der Waals surface area (Å²) in [6.07, 6.45) is 0.0109. The highest BCUT2D eigenvalue weighted by Gasteiger charge is 2.22. The fourth-order valence-electron chi connectivity index (χ4n) is 3.56. The molecule has 0 aliphatic carbocycles. The lowest BCUT2D eigenvalue weighted by molar-refractivity contribution is -0.0295. The van der Waals surface area contributed by atoms with Crippen LogP contribution in [0.5, 0.6) is 11.5 Å². The Balaban J connectivity index is 1.54. The Morgan fingerprint density at radius 1 is 1.20 bits per heavy atom. The highest BCUT2D eigenvalue weighted by molar-refractivity contribution is 5.94. The van der Waals surface area contributed by atoms with Crippen LogP contribution in [0.1, 0.15) is 29.8 Å². The van der Waals surface area contributed by atoms with Gasteiger partial charge in [-0.3, -0.25) is 9.69 Å². The lowest BCUT2D eigenvalue weighted by Crippen LogP contribution is -2.48. The molecule has 1 unspecified atom stereocenters. The van der Waals surface area contributed by atoms with Gasteiger partial charge < -0.3 is 19.5 Å². The molecule has 0 saturated carbocycles. The molecule has 1 heterocycles. The summed E-state index contributed by atoms with van der Waals surface area (Å²) >= 11 is 0. The Kier molecular flexibility index (Phi) is 8.11. The molecule has 1 atom stereocenters. The number of morpholine rings is 1. The first-order valence-electron chi connectivity index (χ1n) is 10.5. The zero-order chi connectivity index (χ0) is 21.3. The first-order valence-corrected chi connectivity index (χ1v) is 10.5. The minimum atomic E-state index is -0.146. The molecular weight excluding hydrogens is 380 g/mol. The van der Waals surface area contributed by atoms with E-state index in [1.807, 2.05) is 30.3 Å². The number of amides is 1. The molecular formula is C24H32N2O4. The maximum absolute atomic E-state index is 12.6. The molecule has 0 radical (unpaired) electrons. The molecule has 2 aromatic rings. The van der Waals surface area contributed by atoms with Crippen molar-refractivity contribution in [3.63, 3.8) is 0 Å². The maximum Gasteiger partial charge on any atom is 0.251 e. The SMILES string of the molecule is COc1cc(C(=O)NCC2CN(CC(C)C)CCO2)ccc1OCc1ccccc1. The third-order valence-electron chi connectivity index (χ3n) is 5.00. The molecule has 30 heavy (non-hydrogen) atoms. The second-order valence-corrected chi connectivity index (χ2v) is 8.00. The lowest BCUT2D eigenvalue weighted by atomic mass is 10.1. The van der Waals surface area contributed by atoms with E-state index in [2.05, 4.69) is 24.1 Å². The van der Waals surface area contributed by atoms with E-state index in [0.29, 0.717) is 42.7 Å². The van der Waals surface area contributed by atoms with E-state index in [1.165, 1.54) is 0 Å². The molecule has 2 aromatic carbocycles. The number of ether oxygens (including phenoxy) is 3. The van der Waals surface area contributed by atoms with Crippen LogP contribution in [0.15, 0.2) is 48.5 Å². The fourth-order valence-corrected chi connectivity index (χ4v) is 3.56. The molecule has 6 nitrogen and oxygen atoms in total. The Labute approximate surface area is 179 Å². The smallest absolute Gasteiger partial charge is 0.251 e. The Morgan fingerprint density at radius 2 is 2.00 bits per heavy atom. The van der Waals surface area contributed by atoms with E-state index in [-0.39, 0.29) is 12.0 Å². The maximum atomic E-state index is 12.6. The monoisotopic (exact) mass is 412 g/mol. The van der Waals surface area contributed by atoms with Crippen molar-refractivity contribution in [2.75, 3.05) is 39.9 Å². The molecule has 1 amide bonds. The minimum Gasteiger partial charge on any atom is -0.493 e. The van der Waals surface area contributed by atoms with Crippen molar-refractivity contribution >= 4 is 5.91 Å². The van der Waals surface area contributed by atoms with Gasteiger partial charge in [-0.2, -0.15) is 0 Å². The van der Waals surface area contributed by atoms with Crippen LogP contribution in [0.2, 0.25) is 0 Å². The summed E-state index contributed by atoms with van der Waals surface area (Å²) in [6, 6.07) is 15.2. The van der Waals surface area contributed by atoms with Gasteiger partial charge in [-0.05, 0) is 29.7 Å². The van der Waals surface area contributed by atoms with E-state index < -0.39 is 0 Å². The zero-order valence-corrected chi connectivity index (χ0v) is 18.1. The largest absolute Gasteiger partial charge is 0.493 e. The van der Waals surface area contributed by atoms with Crippen LogP contribution in [0.25, 0.3) is 0 Å². The van der Waals surface area contributed by atoms with Gasteiger partial charge in [0.05, 0.1) is 19.8 Å². The van der Waals surface area contributed by atoms with Gasteiger partial charge >= 0.3 is 0 Å². The number of nitrogens with one attached hydrogen (secondary N) is 1. The van der Waals surface area contributed by atoms with Gasteiger partial charge in [0.15, 0.2) is 11.5 Å². The lowest BCUT2D eigenvalue weighted by Gasteiger charge is -2.33. The average molecular weight is 413 g/mol. The summed E-state index contributed by atoms with van der Waals surface area (Å²) < 4.78 is 17.1. The number of benzene rings is 2. The number of hydrogen-bond donors (Lipinski definition) is 1. The number of carbonyl (C=O) groups is 1. The highest BCUT2D eigenvalue weighted by atomic mass is 16.5. The molecule has 1 N–H and O–H groups in total. The molecule has 162 valence electrons. The van der Waals surface area contributed by atoms with Crippen LogP contribution in [0.4, 0.5) is 0 Å². The predicted molar refractivity (Wildman–Crippen MR) is 117 cm³/mol. The predicted octanol–water partition coefficient (Wildman–Crippen LogP) is 3.36. The molecule has 0 aromatic heterocycles. The van der Waals surface area contributed by atoms with Gasteiger partial charge in [0.2, 0.25) is 0 Å². The Morgan fingerprint density at radius 3 is 2.73 bits per heavy atom. The number of methoxy groups -OCH3 is 1. The number of nitrogens with zero attached hydrogens (tertiary/aromatic N) is 1. The molecule has 3 rings (SSSR count). The summed E-state index contributed by atoms with van der Waals surface area (Å²) in [5, 5.41) is 2.98. The summed E-state index contributed by atoms with van der Waals surface area (Å²) in [4.78, 5) is 15.0. The van der Waals surface area contributed by atoms with Gasteiger partial charge in [-0.25, -0.2) is 0 Å². The second kappa shape index (κ2) is 11.0. The van der Waals surface area contributed by atoms with Gasteiger partial charge in [-0.15, -0.1) is 0 Å². The van der Waals surface area contributed by atoms with Crippen LogP contribution >= 0.6 is 0 Å². The summed E-state index contributed by atoms with van der Waals surface area (Å²) in [7, 11) is 1.57. The summed E-state index contributed by atoms with van der Waals surface area (Å²) in [6.45, 7) is 8.90. The minimum absolute atomic E-state index is 0.0109. The average Bonchev–Trinajstić information content (AvgIpc) is 2.76. The Bertz CT molecular complexity index is 810. The number of carbonyl (C=O) groups excluding carboxylic acids is 1. The number of rotatable bonds is 9. The van der Waals surface area contributed by atoms with Crippen molar-refractivity contribution in [1.29, 1.82) is 0 Å². The van der Waals surface area contributed by atoms with Crippen LogP contribution in [-0.2, 0) is 11.3 Å². The first-order chi connectivity index (χ1) is 14.5. The zero-order valence-electron chi connectivity index (χ0n) is 18.1. The molecule has 1 saturated heterocycles. The molecule has 0 spiro atoms. The quantitative estimate of drug-likeness (QED) is 0.684. The second-order valence-electron chi connectivity index (χ2n) is 8.00. The van der Waals surface area contributed by atoms with Crippen molar-refractivity contribution in [3.8, 4) is 11.5 Å². The van der Waals surface area contributed by atoms with Crippen molar-refractivity contribution in [3.05, 3.63) is 59.7 Å². The molecule has 1 aliphatic rings. The van der Waals surface area contributed by atoms with E-state index in [4.69, 9.17) is 14.2 Å². The van der Waals surface area contributed by atoms with Crippen molar-refractivity contribution in [1.82, 2.24) is 10.2 Å². The van der Waals surface area contributed by atoms with E-state index in [1.54, 1.807) is 25.3 Å². The normalized spacial score (nSPS) is 17.0. The molecule has 1 aliphatic heterocycles. The summed E-state index contributed by atoms with van der Waals surface area (Å²) in [5.41, 5.74) is 1.61. The third kappa shape index (κ3) is 6.47. The van der Waals surface area contributed by atoms with Gasteiger partial charge in [-0.1, -0.05) is 44.2 Å². The molecule has 1 fully saturated rings. The molecule has 6 heteroatoms. The van der Waals surface area contributed by atoms with Crippen molar-refractivity contribution < 1.29 is 19.0 Å². The van der Waals surface area contributed by atoms with Crippen LogP contribution in [0, 0.1) is 5.92 Å². The van der Waals surface area contributed by atoms with E-state index in [9.17, 15) is 4.79 Å². The van der Waals surface area contributed by atoms with Gasteiger partial charge in [0, 0.05) is 31.7 Å². The van der Waals surface area contributed by atoms with Gasteiger partial charge in [0.1, 0.15) is 6.61 Å². The van der Waals surface area contributed by atoms with Crippen LogP contribution < -0.4 is 14.8 Å². The van der Waals surface area contributed by atoms with E-state index >= 15 is 0 Å². The number of hydrogen-bond acceptors (Lipinski definition) is 5. The van der Waals surface area contributed by atoms with Crippen LogP contribution in [0.3, 0.4) is 0 Å². The summed E-state index contributed by atoms with van der Waals surface area (Å²) in [5.74, 6) is 1.62. The first kappa shape index (κ1) is 22.1. The Hall–Kier alpha value is -2.57.